The van der Waals surface area contributed by atoms with Gasteiger partial charge in [0, 0.05) is 30.9 Å². The van der Waals surface area contributed by atoms with Gasteiger partial charge in [0.05, 0.1) is 0 Å². The van der Waals surface area contributed by atoms with Gasteiger partial charge in [0.2, 0.25) is 5.91 Å². The maximum atomic E-state index is 11.7. The predicted octanol–water partition coefficient (Wildman–Crippen LogP) is 2.86. The summed E-state index contributed by atoms with van der Waals surface area (Å²) >= 11 is 0. The molecule has 0 aliphatic rings. The van der Waals surface area contributed by atoms with E-state index in [0.717, 1.165) is 31.5 Å². The van der Waals surface area contributed by atoms with Crippen LogP contribution in [0, 0.1) is 0 Å². The van der Waals surface area contributed by atoms with E-state index in [1.807, 2.05) is 6.20 Å². The highest BCUT2D eigenvalue weighted by Gasteiger charge is 2.02. The van der Waals surface area contributed by atoms with Crippen LogP contribution in [0.1, 0.15) is 31.5 Å². The zero-order chi connectivity index (χ0) is 14.2. The minimum Gasteiger partial charge on any atom is -0.508 e. The third-order valence-corrected chi connectivity index (χ3v) is 3.02. The first kappa shape index (κ1) is 14.1. The quantitative estimate of drug-likeness (QED) is 0.536. The monoisotopic (exact) mass is 273 g/mol. The van der Waals surface area contributed by atoms with Gasteiger partial charge in [-0.15, -0.1) is 0 Å². The first-order valence-corrected chi connectivity index (χ1v) is 6.81. The highest BCUT2D eigenvalue weighted by molar-refractivity contribution is 5.90. The third kappa shape index (κ3) is 4.76. The largest absolute Gasteiger partial charge is 0.508 e. The Labute approximate surface area is 118 Å². The molecule has 0 aliphatic carbocycles. The van der Waals surface area contributed by atoms with Crippen molar-refractivity contribution in [3.63, 3.8) is 0 Å². The number of rotatable bonds is 7. The number of aromatic amines is 1. The molecular formula is C15H19N3O2. The fourth-order valence-electron chi connectivity index (χ4n) is 1.96. The molecule has 0 atom stereocenters. The molecule has 5 nitrogen and oxygen atoms in total. The molecule has 0 spiro atoms. The Morgan fingerprint density at radius 2 is 2.00 bits per heavy atom. The Kier molecular flexibility index (Phi) is 5.17. The molecule has 2 aromatic rings. The Balaban J connectivity index is 1.59. The summed E-state index contributed by atoms with van der Waals surface area (Å²) in [7, 11) is 0. The minimum atomic E-state index is 0.00804. The van der Waals surface area contributed by atoms with Crippen LogP contribution in [0.4, 0.5) is 5.69 Å². The molecule has 0 saturated heterocycles. The zero-order valence-corrected chi connectivity index (χ0v) is 11.3. The van der Waals surface area contributed by atoms with Crippen LogP contribution in [-0.2, 0) is 11.2 Å². The number of H-pyrrole nitrogens is 1. The molecule has 0 unspecified atom stereocenters. The Bertz CT molecular complexity index is 521. The number of hydrogen-bond acceptors (Lipinski definition) is 3. The molecule has 0 saturated carbocycles. The molecule has 0 aliphatic heterocycles. The van der Waals surface area contributed by atoms with Crippen molar-refractivity contribution < 1.29 is 9.90 Å². The van der Waals surface area contributed by atoms with Crippen LogP contribution in [0.5, 0.6) is 5.75 Å². The van der Waals surface area contributed by atoms with Crippen molar-refractivity contribution >= 4 is 11.6 Å². The number of nitrogens with one attached hydrogen (secondary N) is 2. The Morgan fingerprint density at radius 1 is 1.20 bits per heavy atom. The van der Waals surface area contributed by atoms with Gasteiger partial charge in [-0.3, -0.25) is 4.79 Å². The lowest BCUT2D eigenvalue weighted by molar-refractivity contribution is -0.116. The Morgan fingerprint density at radius 3 is 2.70 bits per heavy atom. The smallest absolute Gasteiger partial charge is 0.224 e. The van der Waals surface area contributed by atoms with Crippen molar-refractivity contribution in [1.82, 2.24) is 9.97 Å². The first-order valence-electron chi connectivity index (χ1n) is 6.81. The van der Waals surface area contributed by atoms with Crippen LogP contribution in [-0.4, -0.2) is 21.0 Å². The van der Waals surface area contributed by atoms with E-state index in [1.54, 1.807) is 30.5 Å². The number of carbonyl (C=O) groups excluding carboxylic acids is 1. The maximum Gasteiger partial charge on any atom is 0.224 e. The fraction of sp³-hybridized carbons (Fsp3) is 0.333. The summed E-state index contributed by atoms with van der Waals surface area (Å²) in [6, 6.07) is 6.48. The lowest BCUT2D eigenvalue weighted by atomic mass is 10.1. The Hall–Kier alpha value is -2.30. The third-order valence-electron chi connectivity index (χ3n) is 3.02. The van der Waals surface area contributed by atoms with Crippen molar-refractivity contribution in [2.75, 3.05) is 5.32 Å². The average Bonchev–Trinajstić information content (AvgIpc) is 2.94. The summed E-state index contributed by atoms with van der Waals surface area (Å²) < 4.78 is 0. The summed E-state index contributed by atoms with van der Waals surface area (Å²) in [5.41, 5.74) is 0.711. The van der Waals surface area contributed by atoms with E-state index >= 15 is 0 Å². The predicted molar refractivity (Wildman–Crippen MR) is 77.5 cm³/mol. The molecule has 106 valence electrons. The fourth-order valence-corrected chi connectivity index (χ4v) is 1.96. The second kappa shape index (κ2) is 7.33. The van der Waals surface area contributed by atoms with Crippen LogP contribution in [0.15, 0.2) is 36.7 Å². The number of anilines is 1. The first-order chi connectivity index (χ1) is 9.74. The van der Waals surface area contributed by atoms with Gasteiger partial charge < -0.3 is 15.4 Å². The molecule has 20 heavy (non-hydrogen) atoms. The lowest BCUT2D eigenvalue weighted by Gasteiger charge is -2.05. The molecule has 1 heterocycles. The average molecular weight is 273 g/mol. The molecule has 5 heteroatoms. The molecule has 1 aromatic heterocycles. The topological polar surface area (TPSA) is 78.0 Å². The second-order valence-corrected chi connectivity index (χ2v) is 4.69. The summed E-state index contributed by atoms with van der Waals surface area (Å²) in [4.78, 5) is 18.9. The van der Waals surface area contributed by atoms with E-state index in [0.29, 0.717) is 12.1 Å². The minimum absolute atomic E-state index is 0.00804. The number of amides is 1. The standard InChI is InChI=1S/C15H19N3O2/c19-13-8-6-12(7-9-13)18-15(20)5-3-1-2-4-14-16-10-11-17-14/h6-11,19H,1-5H2,(H,16,17)(H,18,20). The van der Waals surface area contributed by atoms with Gasteiger partial charge in [-0.2, -0.15) is 0 Å². The van der Waals surface area contributed by atoms with Crippen molar-refractivity contribution in [1.29, 1.82) is 0 Å². The van der Waals surface area contributed by atoms with Crippen LogP contribution >= 0.6 is 0 Å². The van der Waals surface area contributed by atoms with Gasteiger partial charge >= 0.3 is 0 Å². The number of phenolic OH excluding ortho intramolecular Hbond substituents is 1. The summed E-state index contributed by atoms with van der Waals surface area (Å²) in [6.07, 6.45) is 7.90. The van der Waals surface area contributed by atoms with Crippen molar-refractivity contribution in [2.45, 2.75) is 32.1 Å². The van der Waals surface area contributed by atoms with Crippen molar-refractivity contribution in [3.8, 4) is 5.75 Å². The molecular weight excluding hydrogens is 254 g/mol. The summed E-state index contributed by atoms with van der Waals surface area (Å²) in [5.74, 6) is 1.20. The maximum absolute atomic E-state index is 11.7. The van der Waals surface area contributed by atoms with Crippen LogP contribution in [0.25, 0.3) is 0 Å². The SMILES string of the molecule is O=C(CCCCCc1ncc[nH]1)Nc1ccc(O)cc1. The molecule has 1 aromatic carbocycles. The summed E-state index contributed by atoms with van der Waals surface area (Å²) in [6.45, 7) is 0. The summed E-state index contributed by atoms with van der Waals surface area (Å²) in [5, 5.41) is 12.0. The second-order valence-electron chi connectivity index (χ2n) is 4.69. The van der Waals surface area contributed by atoms with E-state index in [-0.39, 0.29) is 11.7 Å². The molecule has 0 radical (unpaired) electrons. The molecule has 1 amide bonds. The number of aromatic nitrogens is 2. The zero-order valence-electron chi connectivity index (χ0n) is 11.3. The molecule has 2 rings (SSSR count). The van der Waals surface area contributed by atoms with Crippen molar-refractivity contribution in [2.24, 2.45) is 0 Å². The molecule has 0 bridgehead atoms. The van der Waals surface area contributed by atoms with E-state index in [4.69, 9.17) is 5.11 Å². The number of unbranched alkanes of at least 4 members (excludes halogenated alkanes) is 2. The van der Waals surface area contributed by atoms with E-state index in [1.165, 1.54) is 0 Å². The van der Waals surface area contributed by atoms with Gasteiger partial charge in [-0.05, 0) is 37.1 Å². The van der Waals surface area contributed by atoms with E-state index < -0.39 is 0 Å². The number of aromatic hydroxyl groups is 1. The molecule has 3 N–H and O–H groups in total. The number of nitrogens with zero attached hydrogens (tertiary/aromatic N) is 1. The lowest BCUT2D eigenvalue weighted by Crippen LogP contribution is -2.10. The van der Waals surface area contributed by atoms with Gasteiger partial charge in [0.15, 0.2) is 0 Å². The number of hydrogen-bond donors (Lipinski definition) is 3. The number of benzene rings is 1. The van der Waals surface area contributed by atoms with Crippen molar-refractivity contribution in [3.05, 3.63) is 42.5 Å². The highest BCUT2D eigenvalue weighted by atomic mass is 16.3. The number of carbonyl (C=O) groups is 1. The number of phenols is 1. The molecule has 0 fully saturated rings. The van der Waals surface area contributed by atoms with Gasteiger partial charge in [0.25, 0.3) is 0 Å². The van der Waals surface area contributed by atoms with Crippen LogP contribution in [0.3, 0.4) is 0 Å². The van der Waals surface area contributed by atoms with E-state index in [2.05, 4.69) is 15.3 Å². The highest BCUT2D eigenvalue weighted by Crippen LogP contribution is 2.14. The number of aryl methyl sites for hydroxylation is 1. The van der Waals surface area contributed by atoms with Crippen LogP contribution in [0.2, 0.25) is 0 Å². The van der Waals surface area contributed by atoms with Gasteiger partial charge in [-0.1, -0.05) is 6.42 Å². The van der Waals surface area contributed by atoms with Crippen LogP contribution < -0.4 is 5.32 Å². The van der Waals surface area contributed by atoms with E-state index in [9.17, 15) is 4.79 Å². The number of imidazole rings is 1. The van der Waals surface area contributed by atoms with Gasteiger partial charge in [0.1, 0.15) is 11.6 Å². The van der Waals surface area contributed by atoms with Gasteiger partial charge in [-0.25, -0.2) is 4.98 Å². The normalized spacial score (nSPS) is 10.4.